The van der Waals surface area contributed by atoms with Gasteiger partial charge in [-0.3, -0.25) is 4.79 Å². The molecule has 1 aliphatic carbocycles. The van der Waals surface area contributed by atoms with Crippen LogP contribution in [0.4, 0.5) is 0 Å². The molecule has 0 amide bonds. The van der Waals surface area contributed by atoms with Crippen LogP contribution in [0.25, 0.3) is 0 Å². The Morgan fingerprint density at radius 2 is 2.06 bits per heavy atom. The van der Waals surface area contributed by atoms with E-state index in [1.54, 1.807) is 7.05 Å². The second-order valence-corrected chi connectivity index (χ2v) is 6.77. The Morgan fingerprint density at radius 3 is 2.53 bits per heavy atom. The lowest BCUT2D eigenvalue weighted by molar-refractivity contribution is -0.140. The van der Waals surface area contributed by atoms with Gasteiger partial charge < -0.3 is 4.74 Å². The Balaban J connectivity index is 2.30. The lowest BCUT2D eigenvalue weighted by Gasteiger charge is -2.29. The molecule has 0 aromatic rings. The number of nitrogens with zero attached hydrogens (tertiary/aromatic N) is 1. The van der Waals surface area contributed by atoms with Gasteiger partial charge in [0.2, 0.25) is 10.0 Å². The van der Waals surface area contributed by atoms with E-state index in [0.717, 1.165) is 12.8 Å². The highest BCUT2D eigenvalue weighted by atomic mass is 32.2. The normalized spacial score (nSPS) is 16.9. The fraction of sp³-hybridized carbons (Fsp3) is 0.909. The number of hydrogen-bond acceptors (Lipinski definition) is 4. The number of hydrogen-bond donors (Lipinski definition) is 0. The van der Waals surface area contributed by atoms with Crippen molar-refractivity contribution in [1.82, 2.24) is 4.31 Å². The fourth-order valence-electron chi connectivity index (χ4n) is 1.81. The topological polar surface area (TPSA) is 63.7 Å². The van der Waals surface area contributed by atoms with Crippen molar-refractivity contribution >= 4 is 16.0 Å². The summed E-state index contributed by atoms with van der Waals surface area (Å²) in [5, 5.41) is 0. The van der Waals surface area contributed by atoms with E-state index in [0.29, 0.717) is 18.9 Å². The van der Waals surface area contributed by atoms with Crippen molar-refractivity contribution in [3.05, 3.63) is 0 Å². The van der Waals surface area contributed by atoms with Crippen LogP contribution in [-0.2, 0) is 19.6 Å². The van der Waals surface area contributed by atoms with E-state index in [9.17, 15) is 13.2 Å². The van der Waals surface area contributed by atoms with Crippen LogP contribution < -0.4 is 0 Å². The van der Waals surface area contributed by atoms with Crippen molar-refractivity contribution in [3.8, 4) is 0 Å². The molecule has 1 saturated carbocycles. The smallest absolute Gasteiger partial charge is 0.305 e. The van der Waals surface area contributed by atoms with Crippen LogP contribution in [0.1, 0.15) is 32.1 Å². The maximum atomic E-state index is 11.8. The number of rotatable bonds is 7. The molecule has 1 rings (SSSR count). The lowest BCUT2D eigenvalue weighted by atomic mass is 9.86. The van der Waals surface area contributed by atoms with Gasteiger partial charge in [-0.2, -0.15) is 0 Å². The molecule has 0 N–H and O–H groups in total. The van der Waals surface area contributed by atoms with Crippen molar-refractivity contribution in [2.24, 2.45) is 5.92 Å². The molecule has 0 unspecified atom stereocenters. The highest BCUT2D eigenvalue weighted by Gasteiger charge is 2.25. The van der Waals surface area contributed by atoms with Gasteiger partial charge in [-0.15, -0.1) is 0 Å². The first-order chi connectivity index (χ1) is 7.95. The highest BCUT2D eigenvalue weighted by molar-refractivity contribution is 7.89. The minimum Gasteiger partial charge on any atom is -0.469 e. The van der Waals surface area contributed by atoms with Gasteiger partial charge in [-0.05, 0) is 25.2 Å². The molecule has 17 heavy (non-hydrogen) atoms. The van der Waals surface area contributed by atoms with Crippen LogP contribution in [0.5, 0.6) is 0 Å². The van der Waals surface area contributed by atoms with Crippen molar-refractivity contribution in [2.45, 2.75) is 32.1 Å². The summed E-state index contributed by atoms with van der Waals surface area (Å²) >= 11 is 0. The molecule has 0 aromatic carbocycles. The zero-order valence-corrected chi connectivity index (χ0v) is 11.3. The van der Waals surface area contributed by atoms with Gasteiger partial charge in [-0.1, -0.05) is 6.42 Å². The van der Waals surface area contributed by atoms with Gasteiger partial charge in [0.15, 0.2) is 0 Å². The quantitative estimate of drug-likeness (QED) is 0.643. The number of carbonyl (C=O) groups excluding carboxylic acids is 1. The Morgan fingerprint density at radius 1 is 1.41 bits per heavy atom. The molecule has 0 atom stereocenters. The van der Waals surface area contributed by atoms with E-state index < -0.39 is 10.0 Å². The third-order valence-electron chi connectivity index (χ3n) is 3.23. The van der Waals surface area contributed by atoms with Gasteiger partial charge in [-0.25, -0.2) is 12.7 Å². The van der Waals surface area contributed by atoms with Crippen molar-refractivity contribution < 1.29 is 17.9 Å². The lowest BCUT2D eigenvalue weighted by Crippen LogP contribution is -2.35. The van der Waals surface area contributed by atoms with Gasteiger partial charge in [0, 0.05) is 20.0 Å². The molecule has 1 fully saturated rings. The molecule has 0 heterocycles. The summed E-state index contributed by atoms with van der Waals surface area (Å²) in [5.41, 5.74) is 0. The summed E-state index contributed by atoms with van der Waals surface area (Å²) < 4.78 is 29.6. The largest absolute Gasteiger partial charge is 0.469 e. The van der Waals surface area contributed by atoms with Crippen LogP contribution in [0, 0.1) is 5.92 Å². The van der Waals surface area contributed by atoms with E-state index in [4.69, 9.17) is 0 Å². The first-order valence-corrected chi connectivity index (χ1v) is 7.57. The van der Waals surface area contributed by atoms with E-state index in [-0.39, 0.29) is 18.1 Å². The Labute approximate surface area is 103 Å². The molecule has 0 spiro atoms. The zero-order valence-electron chi connectivity index (χ0n) is 10.5. The number of ether oxygens (including phenoxy) is 1. The molecule has 0 saturated heterocycles. The minimum absolute atomic E-state index is 0.0192. The molecule has 6 heteroatoms. The molecular weight excluding hydrogens is 242 g/mol. The summed E-state index contributed by atoms with van der Waals surface area (Å²) in [6.45, 7) is 0.612. The average Bonchev–Trinajstić information content (AvgIpc) is 2.22. The standard InChI is InChI=1S/C11H21NO4S/c1-12(9-10-5-3-6-10)17(14,15)8-4-7-11(13)16-2/h10H,3-9H2,1-2H3. The summed E-state index contributed by atoms with van der Waals surface area (Å²) in [6, 6.07) is 0. The van der Waals surface area contributed by atoms with Crippen LogP contribution in [0.15, 0.2) is 0 Å². The third kappa shape index (κ3) is 4.63. The predicted octanol–water partition coefficient (Wildman–Crippen LogP) is 1.00. The molecule has 1 aliphatic rings. The number of methoxy groups -OCH3 is 1. The second-order valence-electron chi connectivity index (χ2n) is 4.57. The number of esters is 1. The Bertz CT molecular complexity index is 348. The van der Waals surface area contributed by atoms with E-state index >= 15 is 0 Å². The maximum Gasteiger partial charge on any atom is 0.305 e. The molecular formula is C11H21NO4S. The number of carbonyl (C=O) groups is 1. The molecule has 100 valence electrons. The van der Waals surface area contributed by atoms with E-state index in [1.807, 2.05) is 0 Å². The third-order valence-corrected chi connectivity index (χ3v) is 5.13. The summed E-state index contributed by atoms with van der Waals surface area (Å²) in [6.07, 6.45) is 3.95. The second kappa shape index (κ2) is 6.35. The number of sulfonamides is 1. The Kier molecular flexibility index (Phi) is 5.39. The van der Waals surface area contributed by atoms with Crippen LogP contribution >= 0.6 is 0 Å². The fourth-order valence-corrected chi connectivity index (χ4v) is 3.07. The van der Waals surface area contributed by atoms with Gasteiger partial charge >= 0.3 is 5.97 Å². The van der Waals surface area contributed by atoms with Crippen LogP contribution in [0.2, 0.25) is 0 Å². The first kappa shape index (κ1) is 14.4. The monoisotopic (exact) mass is 263 g/mol. The van der Waals surface area contributed by atoms with Crippen LogP contribution in [0.3, 0.4) is 0 Å². The molecule has 0 radical (unpaired) electrons. The minimum atomic E-state index is -3.21. The molecule has 0 bridgehead atoms. The summed E-state index contributed by atoms with van der Waals surface area (Å²) in [5.74, 6) is 0.183. The molecule has 0 aromatic heterocycles. The van der Waals surface area contributed by atoms with Crippen molar-refractivity contribution in [2.75, 3.05) is 26.5 Å². The SMILES string of the molecule is COC(=O)CCCS(=O)(=O)N(C)CC1CCC1. The Hall–Kier alpha value is -0.620. The van der Waals surface area contributed by atoms with E-state index in [2.05, 4.69) is 4.74 Å². The van der Waals surface area contributed by atoms with Gasteiger partial charge in [0.25, 0.3) is 0 Å². The predicted molar refractivity (Wildman–Crippen MR) is 65.0 cm³/mol. The first-order valence-electron chi connectivity index (χ1n) is 5.96. The van der Waals surface area contributed by atoms with E-state index in [1.165, 1.54) is 17.8 Å². The maximum absolute atomic E-state index is 11.8. The summed E-state index contributed by atoms with van der Waals surface area (Å²) in [4.78, 5) is 10.9. The average molecular weight is 263 g/mol. The molecule has 0 aliphatic heterocycles. The zero-order chi connectivity index (χ0) is 12.9. The summed E-state index contributed by atoms with van der Waals surface area (Å²) in [7, 11) is -0.288. The van der Waals surface area contributed by atoms with Crippen molar-refractivity contribution in [3.63, 3.8) is 0 Å². The molecule has 5 nitrogen and oxygen atoms in total. The van der Waals surface area contributed by atoms with Crippen molar-refractivity contribution in [1.29, 1.82) is 0 Å². The highest BCUT2D eigenvalue weighted by Crippen LogP contribution is 2.27. The van der Waals surface area contributed by atoms with Gasteiger partial charge in [0.05, 0.1) is 12.9 Å². The van der Waals surface area contributed by atoms with Crippen LogP contribution in [-0.4, -0.2) is 45.1 Å². The van der Waals surface area contributed by atoms with Gasteiger partial charge in [0.1, 0.15) is 0 Å².